The molecule has 4 aromatic rings. The molecule has 0 radical (unpaired) electrons. The molecular formula is C23H22FN7O. The minimum Gasteiger partial charge on any atom is -0.478 e. The number of nitrogens with zero attached hydrogens (tertiary/aromatic N) is 7. The molecule has 1 atom stereocenters. The molecule has 5 rings (SSSR count). The first kappa shape index (κ1) is 20.0. The number of benzene rings is 1. The number of ether oxygens (including phenoxy) is 1. The molecule has 0 saturated heterocycles. The van der Waals surface area contributed by atoms with Crippen molar-refractivity contribution in [3.8, 4) is 11.7 Å². The number of aryl methyl sites for hydroxylation is 2. The third-order valence-corrected chi connectivity index (χ3v) is 5.46. The fraction of sp³-hybridized carbons (Fsp3) is 0.261. The predicted molar refractivity (Wildman–Crippen MR) is 117 cm³/mol. The zero-order valence-electron chi connectivity index (χ0n) is 17.8. The van der Waals surface area contributed by atoms with Crippen LogP contribution in [-0.4, -0.2) is 41.4 Å². The van der Waals surface area contributed by atoms with Gasteiger partial charge in [0.15, 0.2) is 5.82 Å². The van der Waals surface area contributed by atoms with Gasteiger partial charge in [0.1, 0.15) is 18.0 Å². The van der Waals surface area contributed by atoms with Crippen LogP contribution in [-0.2, 0) is 6.54 Å². The van der Waals surface area contributed by atoms with Crippen molar-refractivity contribution in [1.29, 1.82) is 0 Å². The first-order valence-corrected chi connectivity index (χ1v) is 10.4. The molecule has 0 aliphatic carbocycles. The maximum atomic E-state index is 13.3. The zero-order chi connectivity index (χ0) is 22.1. The van der Waals surface area contributed by atoms with Gasteiger partial charge >= 0.3 is 0 Å². The van der Waals surface area contributed by atoms with Gasteiger partial charge in [-0.3, -0.25) is 4.57 Å². The number of hydrogen-bond donors (Lipinski definition) is 0. The van der Waals surface area contributed by atoms with Gasteiger partial charge < -0.3 is 4.74 Å². The third kappa shape index (κ3) is 3.89. The van der Waals surface area contributed by atoms with Gasteiger partial charge in [0.2, 0.25) is 5.82 Å². The zero-order valence-corrected chi connectivity index (χ0v) is 17.8. The molecule has 0 spiro atoms. The third-order valence-electron chi connectivity index (χ3n) is 5.46. The van der Waals surface area contributed by atoms with Crippen LogP contribution >= 0.6 is 0 Å². The van der Waals surface area contributed by atoms with E-state index in [1.165, 1.54) is 12.1 Å². The Labute approximate surface area is 184 Å². The van der Waals surface area contributed by atoms with Crippen molar-refractivity contribution in [2.24, 2.45) is 0 Å². The summed E-state index contributed by atoms with van der Waals surface area (Å²) in [7, 11) is 1.56. The van der Waals surface area contributed by atoms with Crippen molar-refractivity contribution in [1.82, 2.24) is 34.3 Å². The highest BCUT2D eigenvalue weighted by Gasteiger charge is 2.25. The Bertz CT molecular complexity index is 1280. The normalized spacial score (nSPS) is 15.8. The number of aromatic nitrogens is 7. The van der Waals surface area contributed by atoms with E-state index in [2.05, 4.69) is 20.1 Å². The molecule has 8 nitrogen and oxygen atoms in total. The van der Waals surface area contributed by atoms with Gasteiger partial charge in [-0.25, -0.2) is 29.0 Å². The number of rotatable bonds is 5. The van der Waals surface area contributed by atoms with Gasteiger partial charge in [0, 0.05) is 18.7 Å². The van der Waals surface area contributed by atoms with Crippen LogP contribution < -0.4 is 4.74 Å². The van der Waals surface area contributed by atoms with Crippen molar-refractivity contribution in [3.63, 3.8) is 0 Å². The van der Waals surface area contributed by atoms with E-state index in [1.807, 2.05) is 42.1 Å². The number of imidazole rings is 1. The fourth-order valence-electron chi connectivity index (χ4n) is 3.92. The Morgan fingerprint density at radius 3 is 2.72 bits per heavy atom. The van der Waals surface area contributed by atoms with Crippen molar-refractivity contribution in [2.45, 2.75) is 32.2 Å². The van der Waals surface area contributed by atoms with Crippen LogP contribution in [0.5, 0.6) is 5.88 Å². The van der Waals surface area contributed by atoms with Crippen molar-refractivity contribution in [2.75, 3.05) is 7.11 Å². The number of hydrogen-bond acceptors (Lipinski definition) is 6. The summed E-state index contributed by atoms with van der Waals surface area (Å²) in [5.74, 6) is 2.35. The molecule has 1 aromatic carbocycles. The molecule has 1 aliphatic heterocycles. The molecule has 1 aliphatic rings. The van der Waals surface area contributed by atoms with E-state index in [0.29, 0.717) is 23.2 Å². The second-order valence-corrected chi connectivity index (χ2v) is 7.68. The maximum Gasteiger partial charge on any atom is 0.258 e. The first-order valence-electron chi connectivity index (χ1n) is 10.4. The number of halogens is 1. The van der Waals surface area contributed by atoms with Crippen molar-refractivity contribution >= 4 is 12.2 Å². The van der Waals surface area contributed by atoms with Gasteiger partial charge in [0.25, 0.3) is 5.88 Å². The lowest BCUT2D eigenvalue weighted by Gasteiger charge is -2.22. The summed E-state index contributed by atoms with van der Waals surface area (Å²) < 4.78 is 22.5. The van der Waals surface area contributed by atoms with Crippen LogP contribution in [0.1, 0.15) is 47.4 Å². The lowest BCUT2D eigenvalue weighted by atomic mass is 9.91. The summed E-state index contributed by atoms with van der Waals surface area (Å²) in [6.07, 6.45) is 10.8. The van der Waals surface area contributed by atoms with Crippen LogP contribution in [0.25, 0.3) is 18.0 Å². The minimum atomic E-state index is -0.236. The lowest BCUT2D eigenvalue weighted by molar-refractivity contribution is 0.393. The first-order chi connectivity index (χ1) is 15.6. The van der Waals surface area contributed by atoms with E-state index in [9.17, 15) is 4.39 Å². The molecule has 3 aromatic heterocycles. The van der Waals surface area contributed by atoms with Crippen LogP contribution in [0, 0.1) is 12.7 Å². The number of fused-ring (bicyclic) bond motifs is 1. The van der Waals surface area contributed by atoms with E-state index < -0.39 is 0 Å². The minimum absolute atomic E-state index is 0.108. The fourth-order valence-corrected chi connectivity index (χ4v) is 3.92. The van der Waals surface area contributed by atoms with E-state index >= 15 is 0 Å². The number of methoxy groups -OCH3 is 1. The summed E-state index contributed by atoms with van der Waals surface area (Å²) in [5.41, 5.74) is 2.56. The van der Waals surface area contributed by atoms with Crippen LogP contribution in [0.15, 0.2) is 43.0 Å². The molecule has 162 valence electrons. The van der Waals surface area contributed by atoms with Gasteiger partial charge in [-0.1, -0.05) is 12.1 Å². The topological polar surface area (TPSA) is 83.5 Å². The Kier molecular flexibility index (Phi) is 5.22. The Morgan fingerprint density at radius 2 is 1.97 bits per heavy atom. The molecule has 9 heteroatoms. The molecule has 0 saturated carbocycles. The van der Waals surface area contributed by atoms with Gasteiger partial charge in [0.05, 0.1) is 24.7 Å². The monoisotopic (exact) mass is 431 g/mol. The SMILES string of the molecule is COc1nc(C=Cc2nc3n(n2)CCCC3c2ccc(F)cc2)cnc1-n1cnc(C)c1. The van der Waals surface area contributed by atoms with Gasteiger partial charge in [-0.2, -0.15) is 5.10 Å². The van der Waals surface area contributed by atoms with Crippen LogP contribution in [0.4, 0.5) is 4.39 Å². The molecule has 0 bridgehead atoms. The highest BCUT2D eigenvalue weighted by atomic mass is 19.1. The Balaban J connectivity index is 1.40. The quantitative estimate of drug-likeness (QED) is 0.478. The second-order valence-electron chi connectivity index (χ2n) is 7.68. The summed E-state index contributed by atoms with van der Waals surface area (Å²) in [6.45, 7) is 2.73. The average molecular weight is 431 g/mol. The molecule has 1 unspecified atom stereocenters. The summed E-state index contributed by atoms with van der Waals surface area (Å²) in [6, 6.07) is 6.63. The standard InChI is InChI=1S/C23H22FN7O/c1-15-13-30(14-26-15)22-23(32-2)27-18(12-25-22)9-10-20-28-21-19(4-3-11-31(21)29-20)16-5-7-17(24)8-6-16/h5-10,12-14,19H,3-4,11H2,1-2H3. The maximum absolute atomic E-state index is 13.3. The summed E-state index contributed by atoms with van der Waals surface area (Å²) in [5, 5.41) is 4.62. The Hall–Kier alpha value is -3.88. The van der Waals surface area contributed by atoms with Crippen molar-refractivity contribution < 1.29 is 9.13 Å². The molecule has 0 fully saturated rings. The van der Waals surface area contributed by atoms with E-state index in [4.69, 9.17) is 9.72 Å². The molecule has 4 heterocycles. The molecule has 0 amide bonds. The van der Waals surface area contributed by atoms with Crippen LogP contribution in [0.3, 0.4) is 0 Å². The predicted octanol–water partition coefficient (Wildman–Crippen LogP) is 3.81. The Morgan fingerprint density at radius 1 is 1.12 bits per heavy atom. The molecule has 0 N–H and O–H groups in total. The van der Waals surface area contributed by atoms with Crippen LogP contribution in [0.2, 0.25) is 0 Å². The largest absolute Gasteiger partial charge is 0.478 e. The van der Waals surface area contributed by atoms with Gasteiger partial charge in [-0.15, -0.1) is 0 Å². The van der Waals surface area contributed by atoms with E-state index in [0.717, 1.165) is 36.5 Å². The molecular weight excluding hydrogens is 409 g/mol. The second kappa shape index (κ2) is 8.33. The average Bonchev–Trinajstić information content (AvgIpc) is 3.43. The smallest absolute Gasteiger partial charge is 0.258 e. The summed E-state index contributed by atoms with van der Waals surface area (Å²) >= 11 is 0. The van der Waals surface area contributed by atoms with E-state index in [-0.39, 0.29) is 11.7 Å². The highest BCUT2D eigenvalue weighted by Crippen LogP contribution is 2.32. The van der Waals surface area contributed by atoms with E-state index in [1.54, 1.807) is 24.2 Å². The van der Waals surface area contributed by atoms with Crippen molar-refractivity contribution in [3.05, 3.63) is 77.4 Å². The lowest BCUT2D eigenvalue weighted by Crippen LogP contribution is -2.17. The summed E-state index contributed by atoms with van der Waals surface area (Å²) in [4.78, 5) is 18.0. The molecule has 32 heavy (non-hydrogen) atoms. The highest BCUT2D eigenvalue weighted by molar-refractivity contribution is 5.64. The van der Waals surface area contributed by atoms with Gasteiger partial charge in [-0.05, 0) is 49.6 Å².